The van der Waals surface area contributed by atoms with E-state index in [1.807, 2.05) is 13.8 Å². The summed E-state index contributed by atoms with van der Waals surface area (Å²) in [7, 11) is 0. The third-order valence-corrected chi connectivity index (χ3v) is 2.44. The summed E-state index contributed by atoms with van der Waals surface area (Å²) in [5.74, 6) is 0.545. The van der Waals surface area contributed by atoms with E-state index in [0.717, 1.165) is 0 Å². The summed E-state index contributed by atoms with van der Waals surface area (Å²) in [6, 6.07) is 3.80. The largest absolute Gasteiger partial charge is 0.469 e. The van der Waals surface area contributed by atoms with E-state index in [1.165, 1.54) is 6.26 Å². The van der Waals surface area contributed by atoms with Crippen LogP contribution in [0.25, 0.3) is 0 Å². The second kappa shape index (κ2) is 5.36. The molecular weight excluding hydrogens is 204 g/mol. The molecule has 0 saturated carbocycles. The minimum absolute atomic E-state index is 0.0727. The Bertz CT molecular complexity index is 401. The van der Waals surface area contributed by atoms with Gasteiger partial charge in [-0.15, -0.1) is 0 Å². The first kappa shape index (κ1) is 12.3. The predicted molar refractivity (Wildman–Crippen MR) is 59.8 cm³/mol. The van der Waals surface area contributed by atoms with Crippen molar-refractivity contribution in [1.82, 2.24) is 4.90 Å². The van der Waals surface area contributed by atoms with Crippen LogP contribution < -0.4 is 0 Å². The topological polar surface area (TPSA) is 57.2 Å². The van der Waals surface area contributed by atoms with Crippen molar-refractivity contribution in [3.05, 3.63) is 23.7 Å². The van der Waals surface area contributed by atoms with E-state index in [9.17, 15) is 4.79 Å². The molecule has 0 aromatic carbocycles. The van der Waals surface area contributed by atoms with Crippen LogP contribution in [0.1, 0.15) is 36.4 Å². The Kier molecular flexibility index (Phi) is 4.12. The summed E-state index contributed by atoms with van der Waals surface area (Å²) < 4.78 is 5.11. The maximum Gasteiger partial charge on any atom is 0.257 e. The second-order valence-corrected chi connectivity index (χ2v) is 3.89. The first-order valence-electron chi connectivity index (χ1n) is 5.30. The first-order valence-corrected chi connectivity index (χ1v) is 5.30. The average molecular weight is 220 g/mol. The molecule has 16 heavy (non-hydrogen) atoms. The highest BCUT2D eigenvalue weighted by Crippen LogP contribution is 2.14. The lowest BCUT2D eigenvalue weighted by Gasteiger charge is -2.25. The average Bonchev–Trinajstić information content (AvgIpc) is 2.64. The second-order valence-electron chi connectivity index (χ2n) is 3.89. The van der Waals surface area contributed by atoms with Gasteiger partial charge < -0.3 is 9.32 Å². The highest BCUT2D eigenvalue weighted by Gasteiger charge is 2.21. The molecule has 0 atom stereocenters. The lowest BCUT2D eigenvalue weighted by atomic mass is 10.2. The van der Waals surface area contributed by atoms with Crippen molar-refractivity contribution in [2.45, 2.75) is 33.2 Å². The number of aryl methyl sites for hydroxylation is 1. The van der Waals surface area contributed by atoms with Gasteiger partial charge in [-0.1, -0.05) is 0 Å². The molecule has 0 radical (unpaired) electrons. The minimum atomic E-state index is -0.0727. The number of nitriles is 1. The minimum Gasteiger partial charge on any atom is -0.469 e. The third-order valence-electron chi connectivity index (χ3n) is 2.44. The highest BCUT2D eigenvalue weighted by molar-refractivity contribution is 5.95. The highest BCUT2D eigenvalue weighted by atomic mass is 16.3. The third kappa shape index (κ3) is 2.63. The molecule has 0 aliphatic carbocycles. The fourth-order valence-electron chi connectivity index (χ4n) is 1.53. The summed E-state index contributed by atoms with van der Waals surface area (Å²) in [6.45, 7) is 6.09. The number of hydrogen-bond acceptors (Lipinski definition) is 3. The van der Waals surface area contributed by atoms with Crippen LogP contribution >= 0.6 is 0 Å². The Balaban J connectivity index is 2.84. The predicted octanol–water partition coefficient (Wildman–Crippen LogP) is 2.35. The van der Waals surface area contributed by atoms with Crippen molar-refractivity contribution < 1.29 is 9.21 Å². The molecule has 1 heterocycles. The van der Waals surface area contributed by atoms with Gasteiger partial charge in [0, 0.05) is 12.6 Å². The fraction of sp³-hybridized carbons (Fsp3) is 0.500. The molecule has 0 bridgehead atoms. The van der Waals surface area contributed by atoms with Crippen LogP contribution in [-0.4, -0.2) is 23.4 Å². The Labute approximate surface area is 95.5 Å². The molecule has 4 nitrogen and oxygen atoms in total. The molecule has 1 aromatic rings. The van der Waals surface area contributed by atoms with Crippen LogP contribution in [0, 0.1) is 18.3 Å². The number of carbonyl (C=O) groups is 1. The summed E-state index contributed by atoms with van der Waals surface area (Å²) >= 11 is 0. The molecule has 86 valence electrons. The first-order chi connectivity index (χ1) is 7.57. The van der Waals surface area contributed by atoms with Crippen molar-refractivity contribution in [1.29, 1.82) is 5.26 Å². The van der Waals surface area contributed by atoms with Crippen LogP contribution in [0.15, 0.2) is 16.7 Å². The molecule has 0 fully saturated rings. The quantitative estimate of drug-likeness (QED) is 0.782. The van der Waals surface area contributed by atoms with Gasteiger partial charge in [-0.2, -0.15) is 5.26 Å². The summed E-state index contributed by atoms with van der Waals surface area (Å²) in [5.41, 5.74) is 0.576. The van der Waals surface area contributed by atoms with Gasteiger partial charge in [0.15, 0.2) is 0 Å². The maximum atomic E-state index is 12.1. The van der Waals surface area contributed by atoms with E-state index in [4.69, 9.17) is 9.68 Å². The summed E-state index contributed by atoms with van der Waals surface area (Å²) in [4.78, 5) is 13.8. The van der Waals surface area contributed by atoms with E-state index in [-0.39, 0.29) is 11.9 Å². The molecule has 0 N–H and O–H groups in total. The number of hydrogen-bond donors (Lipinski definition) is 0. The summed E-state index contributed by atoms with van der Waals surface area (Å²) in [5, 5.41) is 8.56. The molecule has 1 aromatic heterocycles. The Morgan fingerprint density at radius 3 is 2.75 bits per heavy atom. The van der Waals surface area contributed by atoms with Gasteiger partial charge in [0.2, 0.25) is 0 Å². The Hall–Kier alpha value is -1.76. The smallest absolute Gasteiger partial charge is 0.257 e. The van der Waals surface area contributed by atoms with Gasteiger partial charge in [-0.25, -0.2) is 0 Å². The maximum absolute atomic E-state index is 12.1. The number of carbonyl (C=O) groups excluding carboxylic acids is 1. The molecule has 4 heteroatoms. The molecule has 0 aliphatic rings. The lowest BCUT2D eigenvalue weighted by Crippen LogP contribution is -2.37. The molecule has 0 saturated heterocycles. The van der Waals surface area contributed by atoms with E-state index in [0.29, 0.717) is 24.3 Å². The monoisotopic (exact) mass is 220 g/mol. The molecule has 1 amide bonds. The summed E-state index contributed by atoms with van der Waals surface area (Å²) in [6.07, 6.45) is 1.85. The van der Waals surface area contributed by atoms with Gasteiger partial charge in [-0.3, -0.25) is 4.79 Å². The van der Waals surface area contributed by atoms with Crippen molar-refractivity contribution in [2.75, 3.05) is 6.54 Å². The molecule has 0 spiro atoms. The van der Waals surface area contributed by atoms with Gasteiger partial charge in [0.1, 0.15) is 5.76 Å². The lowest BCUT2D eigenvalue weighted by molar-refractivity contribution is 0.0708. The SMILES string of the molecule is Cc1occc1C(=O)N(CCC#N)C(C)C. The van der Waals surface area contributed by atoms with Crippen molar-refractivity contribution in [3.8, 4) is 6.07 Å². The number of nitrogens with zero attached hydrogens (tertiary/aromatic N) is 2. The fourth-order valence-corrected chi connectivity index (χ4v) is 1.53. The zero-order valence-corrected chi connectivity index (χ0v) is 9.86. The standard InChI is InChI=1S/C12H16N2O2/c1-9(2)14(7-4-6-13)12(15)11-5-8-16-10(11)3/h5,8-9H,4,7H2,1-3H3. The zero-order chi connectivity index (χ0) is 12.1. The van der Waals surface area contributed by atoms with Gasteiger partial charge in [0.05, 0.1) is 24.3 Å². The van der Waals surface area contributed by atoms with E-state index in [2.05, 4.69) is 6.07 Å². The Morgan fingerprint density at radius 1 is 1.62 bits per heavy atom. The molecule has 1 rings (SSSR count). The van der Waals surface area contributed by atoms with Crippen molar-refractivity contribution in [3.63, 3.8) is 0 Å². The number of furan rings is 1. The van der Waals surface area contributed by atoms with E-state index < -0.39 is 0 Å². The van der Waals surface area contributed by atoms with Crippen LogP contribution in [0.2, 0.25) is 0 Å². The van der Waals surface area contributed by atoms with Gasteiger partial charge in [-0.05, 0) is 26.8 Å². The van der Waals surface area contributed by atoms with Gasteiger partial charge in [0.25, 0.3) is 5.91 Å². The van der Waals surface area contributed by atoms with Crippen LogP contribution in [0.5, 0.6) is 0 Å². The zero-order valence-electron chi connectivity index (χ0n) is 9.86. The van der Waals surface area contributed by atoms with E-state index >= 15 is 0 Å². The van der Waals surface area contributed by atoms with Crippen LogP contribution in [0.3, 0.4) is 0 Å². The van der Waals surface area contributed by atoms with Gasteiger partial charge >= 0.3 is 0 Å². The number of rotatable bonds is 4. The Morgan fingerprint density at radius 2 is 2.31 bits per heavy atom. The van der Waals surface area contributed by atoms with Crippen LogP contribution in [0.4, 0.5) is 0 Å². The van der Waals surface area contributed by atoms with Crippen molar-refractivity contribution in [2.24, 2.45) is 0 Å². The number of amides is 1. The molecule has 0 aliphatic heterocycles. The molecular formula is C12H16N2O2. The van der Waals surface area contributed by atoms with Crippen molar-refractivity contribution >= 4 is 5.91 Å². The van der Waals surface area contributed by atoms with Crippen LogP contribution in [-0.2, 0) is 0 Å². The normalized spacial score (nSPS) is 10.2. The van der Waals surface area contributed by atoms with E-state index in [1.54, 1.807) is 17.9 Å². The molecule has 0 unspecified atom stereocenters.